The molecule has 94 valence electrons. The summed E-state index contributed by atoms with van der Waals surface area (Å²) in [6.07, 6.45) is 0.755. The Morgan fingerprint density at radius 3 is 2.78 bits per heavy atom. The van der Waals surface area contributed by atoms with E-state index in [0.717, 1.165) is 20.2 Å². The average molecular weight is 422 g/mol. The highest BCUT2D eigenvalue weighted by molar-refractivity contribution is 14.1. The van der Waals surface area contributed by atoms with Gasteiger partial charge in [-0.15, -0.1) is 0 Å². The van der Waals surface area contributed by atoms with Crippen LogP contribution in [0.5, 0.6) is 0 Å². The minimum absolute atomic E-state index is 0.327. The number of halogens is 3. The van der Waals surface area contributed by atoms with E-state index in [1.165, 1.54) is 12.1 Å². The van der Waals surface area contributed by atoms with Crippen molar-refractivity contribution in [3.05, 3.63) is 37.8 Å². The van der Waals surface area contributed by atoms with Crippen molar-refractivity contribution in [1.29, 1.82) is 0 Å². The zero-order valence-corrected chi connectivity index (χ0v) is 13.3. The quantitative estimate of drug-likeness (QED) is 0.750. The second-order valence-corrected chi connectivity index (χ2v) is 5.60. The molecule has 0 spiro atoms. The van der Waals surface area contributed by atoms with Crippen LogP contribution in [0.1, 0.15) is 12.6 Å². The van der Waals surface area contributed by atoms with Crippen LogP contribution in [0.15, 0.2) is 22.7 Å². The fourth-order valence-corrected chi connectivity index (χ4v) is 2.58. The van der Waals surface area contributed by atoms with Crippen molar-refractivity contribution in [1.82, 2.24) is 9.97 Å². The fourth-order valence-electron chi connectivity index (χ4n) is 1.54. The average Bonchev–Trinajstić information content (AvgIpc) is 2.35. The molecule has 0 amide bonds. The smallest absolute Gasteiger partial charge is 0.163 e. The summed E-state index contributed by atoms with van der Waals surface area (Å²) in [6.45, 7) is 1.99. The molecule has 3 nitrogen and oxygen atoms in total. The molecule has 18 heavy (non-hydrogen) atoms. The largest absolute Gasteiger partial charge is 0.383 e. The zero-order chi connectivity index (χ0) is 13.3. The van der Waals surface area contributed by atoms with Crippen molar-refractivity contribution >= 4 is 44.3 Å². The van der Waals surface area contributed by atoms with Crippen LogP contribution in [0.3, 0.4) is 0 Å². The lowest BCUT2D eigenvalue weighted by atomic mass is 10.2. The van der Waals surface area contributed by atoms with E-state index < -0.39 is 0 Å². The van der Waals surface area contributed by atoms with Crippen molar-refractivity contribution in [2.75, 3.05) is 5.73 Å². The fraction of sp³-hybridized carbons (Fsp3) is 0.167. The number of nitrogen functional groups attached to an aromatic ring is 1. The minimum atomic E-state index is -0.327. The molecule has 0 unspecified atom stereocenters. The van der Waals surface area contributed by atoms with Gasteiger partial charge in [-0.3, -0.25) is 0 Å². The van der Waals surface area contributed by atoms with E-state index in [1.54, 1.807) is 6.07 Å². The van der Waals surface area contributed by atoms with Gasteiger partial charge in [-0.2, -0.15) is 0 Å². The van der Waals surface area contributed by atoms with Crippen LogP contribution < -0.4 is 5.73 Å². The number of rotatable bonds is 2. The second kappa shape index (κ2) is 5.48. The van der Waals surface area contributed by atoms with Crippen molar-refractivity contribution in [3.63, 3.8) is 0 Å². The molecule has 0 atom stereocenters. The number of nitrogens with two attached hydrogens (primary N) is 1. The molecule has 1 aromatic carbocycles. The first-order valence-electron chi connectivity index (χ1n) is 5.30. The molecule has 0 saturated carbocycles. The Morgan fingerprint density at radius 1 is 1.39 bits per heavy atom. The first-order valence-corrected chi connectivity index (χ1v) is 7.17. The van der Waals surface area contributed by atoms with Gasteiger partial charge in [-0.1, -0.05) is 22.9 Å². The summed E-state index contributed by atoms with van der Waals surface area (Å²) < 4.78 is 14.9. The van der Waals surface area contributed by atoms with Gasteiger partial charge < -0.3 is 5.73 Å². The van der Waals surface area contributed by atoms with Crippen molar-refractivity contribution in [2.45, 2.75) is 13.3 Å². The number of benzene rings is 1. The molecule has 0 bridgehead atoms. The molecule has 1 aromatic heterocycles. The van der Waals surface area contributed by atoms with Gasteiger partial charge in [0.1, 0.15) is 11.6 Å². The number of hydrogen-bond acceptors (Lipinski definition) is 3. The molecule has 2 N–H and O–H groups in total. The highest BCUT2D eigenvalue weighted by Crippen LogP contribution is 2.28. The first-order chi connectivity index (χ1) is 8.52. The molecule has 6 heteroatoms. The van der Waals surface area contributed by atoms with Gasteiger partial charge >= 0.3 is 0 Å². The summed E-state index contributed by atoms with van der Waals surface area (Å²) in [6, 6.07) is 4.41. The summed E-state index contributed by atoms with van der Waals surface area (Å²) in [5.41, 5.74) is 7.33. The molecular weight excluding hydrogens is 412 g/mol. The second-order valence-electron chi connectivity index (χ2n) is 3.67. The maximum Gasteiger partial charge on any atom is 0.163 e. The van der Waals surface area contributed by atoms with Crippen LogP contribution in [-0.4, -0.2) is 9.97 Å². The Hall–Kier alpha value is -0.760. The molecule has 0 aliphatic carbocycles. The van der Waals surface area contributed by atoms with Crippen LogP contribution in [0.4, 0.5) is 10.2 Å². The molecular formula is C12H10BrFIN3. The topological polar surface area (TPSA) is 51.8 Å². The number of aryl methyl sites for hydroxylation is 1. The zero-order valence-electron chi connectivity index (χ0n) is 9.54. The summed E-state index contributed by atoms with van der Waals surface area (Å²) in [5.74, 6) is 0.539. The van der Waals surface area contributed by atoms with Crippen molar-refractivity contribution in [3.8, 4) is 11.4 Å². The normalized spacial score (nSPS) is 10.7. The predicted molar refractivity (Wildman–Crippen MR) is 81.6 cm³/mol. The Bertz CT molecular complexity index is 604. The van der Waals surface area contributed by atoms with Crippen LogP contribution >= 0.6 is 38.5 Å². The van der Waals surface area contributed by atoms with Gasteiger partial charge in [0.05, 0.1) is 9.26 Å². The number of aromatic nitrogens is 2. The third-order valence-corrected chi connectivity index (χ3v) is 4.32. The lowest BCUT2D eigenvalue weighted by Gasteiger charge is -2.09. The van der Waals surface area contributed by atoms with E-state index in [4.69, 9.17) is 5.73 Å². The van der Waals surface area contributed by atoms with Gasteiger partial charge in [-0.05, 0) is 47.2 Å². The molecule has 0 aliphatic rings. The van der Waals surface area contributed by atoms with Gasteiger partial charge in [0.15, 0.2) is 5.82 Å². The number of anilines is 1. The molecule has 1 heterocycles. The Labute approximate surface area is 126 Å². The molecule has 0 aliphatic heterocycles. The van der Waals surface area contributed by atoms with E-state index in [9.17, 15) is 4.39 Å². The maximum absolute atomic E-state index is 13.3. The van der Waals surface area contributed by atoms with E-state index in [-0.39, 0.29) is 5.82 Å². The van der Waals surface area contributed by atoms with E-state index in [0.29, 0.717) is 17.2 Å². The SMILES string of the molecule is CCc1nc(-c2cc(F)ccc2Br)nc(N)c1I. The Balaban J connectivity index is 2.64. The summed E-state index contributed by atoms with van der Waals surface area (Å²) in [7, 11) is 0. The van der Waals surface area contributed by atoms with Crippen LogP contribution in [0, 0.1) is 9.39 Å². The molecule has 2 rings (SSSR count). The Kier molecular flexibility index (Phi) is 4.16. The van der Waals surface area contributed by atoms with Gasteiger partial charge in [0.2, 0.25) is 0 Å². The standard InChI is InChI=1S/C12H10BrFIN3/c1-2-9-10(15)11(16)18-12(17-9)7-5-6(14)3-4-8(7)13/h3-5H,2H2,1H3,(H2,16,17,18). The van der Waals surface area contributed by atoms with Crippen molar-refractivity contribution < 1.29 is 4.39 Å². The third-order valence-electron chi connectivity index (χ3n) is 2.45. The number of nitrogens with zero attached hydrogens (tertiary/aromatic N) is 2. The highest BCUT2D eigenvalue weighted by Gasteiger charge is 2.13. The van der Waals surface area contributed by atoms with Gasteiger partial charge in [0.25, 0.3) is 0 Å². The summed E-state index contributed by atoms with van der Waals surface area (Å²) in [5, 5.41) is 0. The minimum Gasteiger partial charge on any atom is -0.383 e. The lowest BCUT2D eigenvalue weighted by Crippen LogP contribution is -2.04. The molecule has 0 fully saturated rings. The monoisotopic (exact) mass is 421 g/mol. The van der Waals surface area contributed by atoms with E-state index in [1.807, 2.05) is 6.92 Å². The van der Waals surface area contributed by atoms with Crippen molar-refractivity contribution in [2.24, 2.45) is 0 Å². The summed E-state index contributed by atoms with van der Waals surface area (Å²) >= 11 is 5.49. The molecule has 0 saturated heterocycles. The maximum atomic E-state index is 13.3. The van der Waals surface area contributed by atoms with E-state index in [2.05, 4.69) is 48.5 Å². The third kappa shape index (κ3) is 2.64. The predicted octanol–water partition coefficient (Wildman–Crippen LogP) is 3.79. The van der Waals surface area contributed by atoms with Crippen LogP contribution in [0.25, 0.3) is 11.4 Å². The summed E-state index contributed by atoms with van der Waals surface area (Å²) in [4.78, 5) is 8.64. The van der Waals surface area contributed by atoms with Gasteiger partial charge in [0, 0.05) is 10.0 Å². The van der Waals surface area contributed by atoms with Gasteiger partial charge in [-0.25, -0.2) is 14.4 Å². The van der Waals surface area contributed by atoms with E-state index >= 15 is 0 Å². The first kappa shape index (κ1) is 13.7. The lowest BCUT2D eigenvalue weighted by molar-refractivity contribution is 0.628. The number of hydrogen-bond donors (Lipinski definition) is 1. The van der Waals surface area contributed by atoms with Crippen LogP contribution in [0.2, 0.25) is 0 Å². The molecule has 0 radical (unpaired) electrons. The molecule has 2 aromatic rings. The highest BCUT2D eigenvalue weighted by atomic mass is 127. The Morgan fingerprint density at radius 2 is 2.11 bits per heavy atom. The van der Waals surface area contributed by atoms with Crippen LogP contribution in [-0.2, 0) is 6.42 Å².